The van der Waals surface area contributed by atoms with Crippen molar-refractivity contribution in [3.05, 3.63) is 103 Å². The van der Waals surface area contributed by atoms with E-state index in [9.17, 15) is 9.59 Å². The summed E-state index contributed by atoms with van der Waals surface area (Å²) in [7, 11) is 0. The Morgan fingerprint density at radius 3 is 2.53 bits per heavy atom. The molecule has 0 aliphatic heterocycles. The molecule has 0 spiro atoms. The van der Waals surface area contributed by atoms with Gasteiger partial charge in [-0.3, -0.25) is 14.0 Å². The lowest BCUT2D eigenvalue weighted by Crippen LogP contribution is -2.00. The number of ether oxygens (including phenoxy) is 1. The second kappa shape index (κ2) is 9.03. The summed E-state index contributed by atoms with van der Waals surface area (Å²) in [6, 6.07) is 26.6. The molecule has 5 aromatic rings. The number of Topliss-reactive ketones (excluding diaryl/α,β-unsaturated/α-hetero) is 1. The largest absolute Gasteiger partial charge is 0.457 e. The zero-order valence-electron chi connectivity index (χ0n) is 18.4. The van der Waals surface area contributed by atoms with Gasteiger partial charge in [-0.05, 0) is 37.3 Å². The van der Waals surface area contributed by atoms with E-state index in [-0.39, 0.29) is 5.78 Å². The quantitative estimate of drug-likeness (QED) is 0.237. The van der Waals surface area contributed by atoms with Gasteiger partial charge in [-0.15, -0.1) is 0 Å². The van der Waals surface area contributed by atoms with Crippen molar-refractivity contribution in [1.82, 2.24) is 9.38 Å². The highest BCUT2D eigenvalue weighted by Crippen LogP contribution is 2.36. The van der Waals surface area contributed by atoms with Gasteiger partial charge < -0.3 is 10.1 Å². The molecule has 1 amide bonds. The van der Waals surface area contributed by atoms with Crippen LogP contribution < -0.4 is 10.1 Å². The van der Waals surface area contributed by atoms with E-state index in [0.29, 0.717) is 29.1 Å². The predicted molar refractivity (Wildman–Crippen MR) is 132 cm³/mol. The van der Waals surface area contributed by atoms with Crippen molar-refractivity contribution < 1.29 is 14.3 Å². The van der Waals surface area contributed by atoms with Gasteiger partial charge in [0.05, 0.1) is 17.6 Å². The van der Waals surface area contributed by atoms with Crippen LogP contribution in [0.5, 0.6) is 11.5 Å². The van der Waals surface area contributed by atoms with Crippen molar-refractivity contribution in [2.75, 3.05) is 5.32 Å². The van der Waals surface area contributed by atoms with Gasteiger partial charge in [-0.25, -0.2) is 4.98 Å². The zero-order valence-corrected chi connectivity index (χ0v) is 18.4. The Bertz CT molecular complexity index is 1510. The van der Waals surface area contributed by atoms with Crippen molar-refractivity contribution in [2.45, 2.75) is 6.92 Å². The third-order valence-electron chi connectivity index (χ3n) is 5.55. The van der Waals surface area contributed by atoms with Crippen molar-refractivity contribution in [3.63, 3.8) is 0 Å². The van der Waals surface area contributed by atoms with Gasteiger partial charge in [-0.2, -0.15) is 0 Å². The first kappa shape index (κ1) is 21.2. The number of amides is 1. The van der Waals surface area contributed by atoms with E-state index in [1.54, 1.807) is 19.2 Å². The monoisotopic (exact) mass is 447 g/mol. The average Bonchev–Trinajstić information content (AvgIpc) is 3.30. The van der Waals surface area contributed by atoms with Crippen molar-refractivity contribution in [1.29, 1.82) is 0 Å². The number of carbonyl (C=O) groups excluding carboxylic acids is 2. The fourth-order valence-corrected chi connectivity index (χ4v) is 3.92. The summed E-state index contributed by atoms with van der Waals surface area (Å²) in [4.78, 5) is 27.8. The van der Waals surface area contributed by atoms with Crippen molar-refractivity contribution in [2.24, 2.45) is 0 Å². The molecule has 0 radical (unpaired) electrons. The molecule has 34 heavy (non-hydrogen) atoms. The Morgan fingerprint density at radius 2 is 1.74 bits per heavy atom. The summed E-state index contributed by atoms with van der Waals surface area (Å²) in [6.45, 7) is 1.54. The Balaban J connectivity index is 1.68. The van der Waals surface area contributed by atoms with Gasteiger partial charge in [0.15, 0.2) is 11.4 Å². The number of rotatable bonds is 7. The minimum Gasteiger partial charge on any atom is -0.457 e. The van der Waals surface area contributed by atoms with Gasteiger partial charge in [0, 0.05) is 28.5 Å². The Kier molecular flexibility index (Phi) is 5.62. The highest BCUT2D eigenvalue weighted by Gasteiger charge is 2.15. The predicted octanol–water partition coefficient (Wildman–Crippen LogP) is 6.23. The fourth-order valence-electron chi connectivity index (χ4n) is 3.92. The lowest BCUT2D eigenvalue weighted by atomic mass is 10.0. The molecule has 0 aliphatic carbocycles. The molecule has 6 nitrogen and oxygen atoms in total. The van der Waals surface area contributed by atoms with Crippen LogP contribution in [0.25, 0.3) is 28.0 Å². The van der Waals surface area contributed by atoms with Crippen LogP contribution in [0, 0.1) is 0 Å². The number of nitrogens with one attached hydrogen (secondary N) is 1. The molecule has 0 bridgehead atoms. The minimum atomic E-state index is -0.00772. The van der Waals surface area contributed by atoms with Crippen molar-refractivity contribution >= 4 is 23.5 Å². The van der Waals surface area contributed by atoms with Crippen LogP contribution in [-0.2, 0) is 4.79 Å². The molecule has 3 aromatic carbocycles. The number of nitrogens with zero attached hydrogens (tertiary/aromatic N) is 2. The van der Waals surface area contributed by atoms with Crippen LogP contribution in [0.1, 0.15) is 17.3 Å². The number of para-hydroxylation sites is 2. The highest BCUT2D eigenvalue weighted by atomic mass is 16.5. The van der Waals surface area contributed by atoms with Crippen LogP contribution in [0.15, 0.2) is 97.3 Å². The molecule has 0 saturated carbocycles. The Hall–Kier alpha value is -4.71. The van der Waals surface area contributed by atoms with E-state index < -0.39 is 0 Å². The van der Waals surface area contributed by atoms with Gasteiger partial charge >= 0.3 is 0 Å². The second-order valence-electron chi connectivity index (χ2n) is 7.79. The molecule has 5 rings (SSSR count). The van der Waals surface area contributed by atoms with Gasteiger partial charge in [0.2, 0.25) is 6.41 Å². The maximum atomic E-state index is 11.9. The number of fused-ring (bicyclic) bond motifs is 1. The minimum absolute atomic E-state index is 0.00772. The third kappa shape index (κ3) is 4.04. The number of hydrogen-bond acceptors (Lipinski definition) is 4. The molecular formula is C28H21N3O3. The highest BCUT2D eigenvalue weighted by molar-refractivity contribution is 5.95. The first-order valence-corrected chi connectivity index (χ1v) is 10.8. The average molecular weight is 447 g/mol. The van der Waals surface area contributed by atoms with Gasteiger partial charge in [0.1, 0.15) is 11.5 Å². The second-order valence-corrected chi connectivity index (χ2v) is 7.79. The summed E-state index contributed by atoms with van der Waals surface area (Å²) >= 11 is 0. The maximum absolute atomic E-state index is 11.9. The van der Waals surface area contributed by atoms with Crippen LogP contribution in [0.2, 0.25) is 0 Å². The standard InChI is InChI=1S/C28H21N3O3/c1-19(33)20-8-7-9-21(14-20)26-16-29-28-25(30-18-32)15-22(17-31(26)28)24-12-5-6-13-27(24)34-23-10-3-2-4-11-23/h2-18H,1H3,(H,30,32). The molecule has 1 N–H and O–H groups in total. The van der Waals surface area contributed by atoms with E-state index >= 15 is 0 Å². The first-order valence-electron chi connectivity index (χ1n) is 10.8. The number of hydrogen-bond donors (Lipinski definition) is 1. The number of carbonyl (C=O) groups is 2. The van der Waals surface area contributed by atoms with E-state index in [2.05, 4.69) is 10.3 Å². The van der Waals surface area contributed by atoms with Gasteiger partial charge in [0.25, 0.3) is 0 Å². The SMILES string of the molecule is CC(=O)c1cccc(-c2cnc3c(NC=O)cc(-c4ccccc4Oc4ccccc4)cn23)c1. The van der Waals surface area contributed by atoms with Crippen molar-refractivity contribution in [3.8, 4) is 33.9 Å². The summed E-state index contributed by atoms with van der Waals surface area (Å²) in [5, 5.41) is 2.77. The van der Waals surface area contributed by atoms with E-state index in [0.717, 1.165) is 28.1 Å². The number of aromatic nitrogens is 2. The number of anilines is 1. The lowest BCUT2D eigenvalue weighted by molar-refractivity contribution is -0.105. The summed E-state index contributed by atoms with van der Waals surface area (Å²) in [5.41, 5.74) is 5.14. The lowest BCUT2D eigenvalue weighted by Gasteiger charge is -2.14. The maximum Gasteiger partial charge on any atom is 0.211 e. The molecule has 166 valence electrons. The molecule has 0 atom stereocenters. The molecule has 6 heteroatoms. The first-order chi connectivity index (χ1) is 16.6. The molecule has 0 saturated heterocycles. The van der Waals surface area contributed by atoms with Crippen LogP contribution in [0.4, 0.5) is 5.69 Å². The van der Waals surface area contributed by atoms with Crippen LogP contribution in [-0.4, -0.2) is 21.6 Å². The molecule has 0 aliphatic rings. The Morgan fingerprint density at radius 1 is 0.941 bits per heavy atom. The van der Waals surface area contributed by atoms with Crippen LogP contribution in [0.3, 0.4) is 0 Å². The van der Waals surface area contributed by atoms with E-state index in [1.165, 1.54) is 0 Å². The summed E-state index contributed by atoms with van der Waals surface area (Å²) in [5.74, 6) is 1.41. The molecule has 0 fully saturated rings. The molecule has 0 unspecified atom stereocenters. The third-order valence-corrected chi connectivity index (χ3v) is 5.55. The topological polar surface area (TPSA) is 72.7 Å². The summed E-state index contributed by atoms with van der Waals surface area (Å²) < 4.78 is 8.08. The number of imidazole rings is 1. The zero-order chi connectivity index (χ0) is 23.5. The summed E-state index contributed by atoms with van der Waals surface area (Å²) in [6.07, 6.45) is 4.33. The molecule has 2 aromatic heterocycles. The van der Waals surface area contributed by atoms with Gasteiger partial charge in [-0.1, -0.05) is 54.6 Å². The number of pyridine rings is 1. The van der Waals surface area contributed by atoms with E-state index in [1.807, 2.05) is 89.5 Å². The normalized spacial score (nSPS) is 10.7. The molecule has 2 heterocycles. The van der Waals surface area contributed by atoms with Crippen LogP contribution >= 0.6 is 0 Å². The number of benzene rings is 3. The fraction of sp³-hybridized carbons (Fsp3) is 0.0357. The molecular weight excluding hydrogens is 426 g/mol. The van der Waals surface area contributed by atoms with E-state index in [4.69, 9.17) is 4.74 Å². The Labute approximate surface area is 196 Å². The smallest absolute Gasteiger partial charge is 0.211 e. The number of ketones is 1.